The lowest BCUT2D eigenvalue weighted by atomic mass is 10.00. The zero-order valence-corrected chi connectivity index (χ0v) is 16.8. The second kappa shape index (κ2) is 6.98. The number of fused-ring (bicyclic) bond motifs is 1. The molecule has 0 amide bonds. The smallest absolute Gasteiger partial charge is 0.232 e. The summed E-state index contributed by atoms with van der Waals surface area (Å²) in [6, 6.07) is 13.8. The quantitative estimate of drug-likeness (QED) is 0.659. The van der Waals surface area contributed by atoms with Crippen LogP contribution >= 0.6 is 11.3 Å². The summed E-state index contributed by atoms with van der Waals surface area (Å²) >= 11 is 1.59. The van der Waals surface area contributed by atoms with Crippen molar-refractivity contribution >= 4 is 27.0 Å². The van der Waals surface area contributed by atoms with Crippen LogP contribution in [0.25, 0.3) is 21.8 Å². The minimum absolute atomic E-state index is 0.544. The lowest BCUT2D eigenvalue weighted by Crippen LogP contribution is -2.34. The van der Waals surface area contributed by atoms with E-state index in [1.54, 1.807) is 18.4 Å². The van der Waals surface area contributed by atoms with Crippen molar-refractivity contribution in [2.75, 3.05) is 24.2 Å². The molecule has 0 spiro atoms. The number of hydrogen-bond donors (Lipinski definition) is 0. The van der Waals surface area contributed by atoms with Gasteiger partial charge >= 0.3 is 0 Å². The predicted molar refractivity (Wildman–Crippen MR) is 110 cm³/mol. The third-order valence-corrected chi connectivity index (χ3v) is 6.74. The van der Waals surface area contributed by atoms with E-state index in [4.69, 9.17) is 9.72 Å². The monoisotopic (exact) mass is 400 g/mol. The van der Waals surface area contributed by atoms with Gasteiger partial charge in [-0.05, 0) is 42.7 Å². The number of hydrogen-bond acceptors (Lipinski definition) is 5. The summed E-state index contributed by atoms with van der Waals surface area (Å²) in [5, 5.41) is 2.97. The number of aryl methyl sites for hydroxylation is 1. The van der Waals surface area contributed by atoms with Gasteiger partial charge in [0.2, 0.25) is 10.0 Å². The Morgan fingerprint density at radius 2 is 2.00 bits per heavy atom. The molecule has 1 aliphatic rings. The van der Waals surface area contributed by atoms with E-state index < -0.39 is 10.0 Å². The molecule has 0 atom stereocenters. The van der Waals surface area contributed by atoms with Gasteiger partial charge in [-0.3, -0.25) is 4.31 Å². The molecular formula is C20H20N2O3S2. The third-order valence-electron chi connectivity index (χ3n) is 4.67. The minimum Gasteiger partial charge on any atom is -0.497 e. The Morgan fingerprint density at radius 3 is 2.78 bits per heavy atom. The van der Waals surface area contributed by atoms with Crippen molar-refractivity contribution in [2.45, 2.75) is 12.8 Å². The fourth-order valence-electron chi connectivity index (χ4n) is 3.36. The molecule has 5 nitrogen and oxygen atoms in total. The van der Waals surface area contributed by atoms with E-state index >= 15 is 0 Å². The van der Waals surface area contributed by atoms with E-state index in [2.05, 4.69) is 6.07 Å². The summed E-state index contributed by atoms with van der Waals surface area (Å²) in [4.78, 5) is 4.77. The summed E-state index contributed by atoms with van der Waals surface area (Å²) in [5.41, 5.74) is 4.77. The van der Waals surface area contributed by atoms with Crippen LogP contribution in [0.2, 0.25) is 0 Å². The van der Waals surface area contributed by atoms with E-state index in [1.807, 2.05) is 41.8 Å². The highest BCUT2D eigenvalue weighted by molar-refractivity contribution is 7.92. The van der Waals surface area contributed by atoms with Gasteiger partial charge in [0.05, 0.1) is 24.7 Å². The van der Waals surface area contributed by atoms with Crippen molar-refractivity contribution in [3.05, 3.63) is 53.4 Å². The van der Waals surface area contributed by atoms with Gasteiger partial charge in [0, 0.05) is 23.1 Å². The van der Waals surface area contributed by atoms with Gasteiger partial charge < -0.3 is 4.74 Å². The van der Waals surface area contributed by atoms with Gasteiger partial charge in [-0.25, -0.2) is 13.4 Å². The van der Waals surface area contributed by atoms with Crippen LogP contribution in [0.4, 0.5) is 5.69 Å². The first-order valence-electron chi connectivity index (χ1n) is 8.67. The Balaban J connectivity index is 1.68. The fourth-order valence-corrected chi connectivity index (χ4v) is 5.18. The SMILES string of the molecule is COc1cccc(-c2nc(-c3ccc4c(c3)CCCN4S(C)(=O)=O)cs2)c1. The first-order valence-corrected chi connectivity index (χ1v) is 11.4. The molecule has 2 heterocycles. The molecule has 0 bridgehead atoms. The van der Waals surface area contributed by atoms with Gasteiger partial charge in [0.15, 0.2) is 0 Å². The first kappa shape index (κ1) is 18.0. The van der Waals surface area contributed by atoms with Gasteiger partial charge in [-0.2, -0.15) is 0 Å². The summed E-state index contributed by atoms with van der Waals surface area (Å²) in [6.07, 6.45) is 2.97. The maximum atomic E-state index is 12.0. The number of aromatic nitrogens is 1. The van der Waals surface area contributed by atoms with Gasteiger partial charge in [0.1, 0.15) is 10.8 Å². The second-order valence-electron chi connectivity index (χ2n) is 6.55. The maximum Gasteiger partial charge on any atom is 0.232 e. The van der Waals surface area contributed by atoms with E-state index in [1.165, 1.54) is 10.6 Å². The Labute approximate surface area is 163 Å². The number of methoxy groups -OCH3 is 1. The Bertz CT molecular complexity index is 1090. The molecule has 140 valence electrons. The summed E-state index contributed by atoms with van der Waals surface area (Å²) in [6.45, 7) is 0.544. The second-order valence-corrected chi connectivity index (χ2v) is 9.32. The number of anilines is 1. The molecule has 1 aromatic heterocycles. The molecule has 1 aliphatic heterocycles. The van der Waals surface area contributed by atoms with E-state index in [0.29, 0.717) is 6.54 Å². The van der Waals surface area contributed by atoms with Crippen LogP contribution in [0.1, 0.15) is 12.0 Å². The molecular weight excluding hydrogens is 380 g/mol. The van der Waals surface area contributed by atoms with Crippen molar-refractivity contribution in [1.29, 1.82) is 0 Å². The number of benzene rings is 2. The van der Waals surface area contributed by atoms with Crippen LogP contribution in [-0.2, 0) is 16.4 Å². The van der Waals surface area contributed by atoms with E-state index in [0.717, 1.165) is 51.7 Å². The lowest BCUT2D eigenvalue weighted by Gasteiger charge is -2.29. The van der Waals surface area contributed by atoms with Crippen molar-refractivity contribution in [3.63, 3.8) is 0 Å². The van der Waals surface area contributed by atoms with Gasteiger partial charge in [-0.15, -0.1) is 11.3 Å². The Kier molecular flexibility index (Phi) is 4.65. The summed E-state index contributed by atoms with van der Waals surface area (Å²) in [7, 11) is -1.60. The molecule has 0 radical (unpaired) electrons. The average Bonchev–Trinajstić information content (AvgIpc) is 3.16. The van der Waals surface area contributed by atoms with E-state index in [9.17, 15) is 8.42 Å². The number of thiazole rings is 1. The van der Waals surface area contributed by atoms with Gasteiger partial charge in [0.25, 0.3) is 0 Å². The normalized spacial score (nSPS) is 14.1. The molecule has 27 heavy (non-hydrogen) atoms. The molecule has 3 aromatic rings. The number of sulfonamides is 1. The standard InChI is InChI=1S/C20H20N2O3S2/c1-25-17-7-3-5-16(12-17)20-21-18(13-26-20)14-8-9-19-15(11-14)6-4-10-22(19)27(2,23)24/h3,5,7-9,11-13H,4,6,10H2,1-2H3. The molecule has 0 saturated heterocycles. The lowest BCUT2D eigenvalue weighted by molar-refractivity contribution is 0.415. The highest BCUT2D eigenvalue weighted by Gasteiger charge is 2.24. The molecule has 0 aliphatic carbocycles. The topological polar surface area (TPSA) is 59.5 Å². The van der Waals surface area contributed by atoms with Crippen LogP contribution in [-0.4, -0.2) is 33.3 Å². The van der Waals surface area contributed by atoms with Crippen LogP contribution in [0, 0.1) is 0 Å². The van der Waals surface area contributed by atoms with Gasteiger partial charge in [-0.1, -0.05) is 18.2 Å². The first-order chi connectivity index (χ1) is 13.0. The van der Waals surface area contributed by atoms with E-state index in [-0.39, 0.29) is 0 Å². The highest BCUT2D eigenvalue weighted by Crippen LogP contribution is 2.35. The van der Waals surface area contributed by atoms with Crippen LogP contribution < -0.4 is 9.04 Å². The summed E-state index contributed by atoms with van der Waals surface area (Å²) < 4.78 is 30.8. The van der Waals surface area contributed by atoms with Crippen molar-refractivity contribution in [1.82, 2.24) is 4.98 Å². The van der Waals surface area contributed by atoms with Crippen LogP contribution in [0.15, 0.2) is 47.8 Å². The maximum absolute atomic E-state index is 12.0. The number of ether oxygens (including phenoxy) is 1. The fraction of sp³-hybridized carbons (Fsp3) is 0.250. The molecule has 7 heteroatoms. The number of rotatable bonds is 4. The van der Waals surface area contributed by atoms with Crippen LogP contribution in [0.5, 0.6) is 5.75 Å². The average molecular weight is 401 g/mol. The summed E-state index contributed by atoms with van der Waals surface area (Å²) in [5.74, 6) is 0.805. The van der Waals surface area contributed by atoms with Crippen molar-refractivity contribution < 1.29 is 13.2 Å². The number of nitrogens with zero attached hydrogens (tertiary/aromatic N) is 2. The van der Waals surface area contributed by atoms with Crippen molar-refractivity contribution in [2.24, 2.45) is 0 Å². The zero-order chi connectivity index (χ0) is 19.0. The van der Waals surface area contributed by atoms with Crippen LogP contribution in [0.3, 0.4) is 0 Å². The van der Waals surface area contributed by atoms with Crippen molar-refractivity contribution in [3.8, 4) is 27.6 Å². The minimum atomic E-state index is -3.25. The molecule has 2 aromatic carbocycles. The predicted octanol–water partition coefficient (Wildman–Crippen LogP) is 4.20. The zero-order valence-electron chi connectivity index (χ0n) is 15.2. The Morgan fingerprint density at radius 1 is 1.15 bits per heavy atom. The molecule has 0 fully saturated rings. The largest absolute Gasteiger partial charge is 0.497 e. The Hall–Kier alpha value is -2.38. The highest BCUT2D eigenvalue weighted by atomic mass is 32.2. The third kappa shape index (κ3) is 3.57. The molecule has 4 rings (SSSR count). The molecule has 0 saturated carbocycles. The molecule has 0 N–H and O–H groups in total. The molecule has 0 unspecified atom stereocenters.